The summed E-state index contributed by atoms with van der Waals surface area (Å²) in [5.41, 5.74) is -0.949. The van der Waals surface area contributed by atoms with E-state index in [1.807, 2.05) is 0 Å². The van der Waals surface area contributed by atoms with Gasteiger partial charge in [0.2, 0.25) is 0 Å². The van der Waals surface area contributed by atoms with Gasteiger partial charge < -0.3 is 10.2 Å². The van der Waals surface area contributed by atoms with E-state index in [0.29, 0.717) is 0 Å². The van der Waals surface area contributed by atoms with Gasteiger partial charge >= 0.3 is 11.9 Å². The van der Waals surface area contributed by atoms with Crippen molar-refractivity contribution in [2.24, 2.45) is 5.41 Å². The fourth-order valence-corrected chi connectivity index (χ4v) is 1.18. The highest BCUT2D eigenvalue weighted by atomic mass is 16.4. The van der Waals surface area contributed by atoms with Crippen LogP contribution in [0.5, 0.6) is 0 Å². The van der Waals surface area contributed by atoms with Crippen molar-refractivity contribution in [3.05, 3.63) is 23.8 Å². The van der Waals surface area contributed by atoms with Gasteiger partial charge in [0.05, 0.1) is 5.41 Å². The predicted molar refractivity (Wildman–Crippen MR) is 45.2 cm³/mol. The summed E-state index contributed by atoms with van der Waals surface area (Å²) in [6.07, 6.45) is 4.43. The van der Waals surface area contributed by atoms with E-state index < -0.39 is 17.4 Å². The zero-order chi connectivity index (χ0) is 10.1. The van der Waals surface area contributed by atoms with E-state index in [0.717, 1.165) is 0 Å². The summed E-state index contributed by atoms with van der Waals surface area (Å²) < 4.78 is 0. The largest absolute Gasteiger partial charge is 0.481 e. The number of carboxylic acids is 2. The Kier molecular flexibility index (Phi) is 2.23. The van der Waals surface area contributed by atoms with E-state index >= 15 is 0 Å². The van der Waals surface area contributed by atoms with Crippen molar-refractivity contribution < 1.29 is 19.8 Å². The molecule has 0 aromatic rings. The Morgan fingerprint density at radius 2 is 2.08 bits per heavy atom. The molecule has 0 spiro atoms. The predicted octanol–water partition coefficient (Wildman–Crippen LogP) is 1.05. The third-order valence-electron chi connectivity index (χ3n) is 2.08. The van der Waals surface area contributed by atoms with Crippen LogP contribution in [0.1, 0.15) is 13.3 Å². The van der Waals surface area contributed by atoms with Crippen LogP contribution in [-0.2, 0) is 9.59 Å². The highest BCUT2D eigenvalue weighted by Crippen LogP contribution is 2.31. The van der Waals surface area contributed by atoms with Crippen LogP contribution < -0.4 is 0 Å². The van der Waals surface area contributed by atoms with Crippen LogP contribution in [0.2, 0.25) is 0 Å². The third-order valence-corrected chi connectivity index (χ3v) is 2.08. The lowest BCUT2D eigenvalue weighted by molar-refractivity contribution is -0.145. The zero-order valence-corrected chi connectivity index (χ0v) is 7.15. The van der Waals surface area contributed by atoms with E-state index in [4.69, 9.17) is 10.2 Å². The smallest absolute Gasteiger partial charge is 0.331 e. The Morgan fingerprint density at radius 1 is 1.46 bits per heavy atom. The second kappa shape index (κ2) is 3.05. The number of hydrogen-bond acceptors (Lipinski definition) is 2. The maximum atomic E-state index is 10.8. The molecular weight excluding hydrogens is 172 g/mol. The Labute approximate surface area is 75.2 Å². The summed E-state index contributed by atoms with van der Waals surface area (Å²) in [6, 6.07) is 0. The molecule has 0 aromatic carbocycles. The van der Waals surface area contributed by atoms with E-state index in [2.05, 4.69) is 0 Å². The number of rotatable bonds is 2. The Morgan fingerprint density at radius 3 is 2.54 bits per heavy atom. The molecule has 0 fully saturated rings. The number of hydrogen-bond donors (Lipinski definition) is 2. The number of allylic oxidation sites excluding steroid dienone is 2. The molecule has 0 aliphatic heterocycles. The standard InChI is InChI=1S/C9H10O4/c1-9(8(12)13)4-2-3-6(5-9)7(10)11/h2-4H,5H2,1H3,(H,10,11)(H,12,13)/t9-/m0/s1. The third kappa shape index (κ3) is 1.77. The van der Waals surface area contributed by atoms with Crippen LogP contribution in [0.3, 0.4) is 0 Å². The maximum Gasteiger partial charge on any atom is 0.331 e. The normalized spacial score (nSPS) is 26.7. The molecule has 13 heavy (non-hydrogen) atoms. The van der Waals surface area contributed by atoms with Crippen molar-refractivity contribution in [1.29, 1.82) is 0 Å². The van der Waals surface area contributed by atoms with Gasteiger partial charge in [-0.15, -0.1) is 0 Å². The first-order valence-corrected chi connectivity index (χ1v) is 3.81. The Balaban J connectivity index is 2.92. The van der Waals surface area contributed by atoms with Gasteiger partial charge in [0, 0.05) is 5.57 Å². The highest BCUT2D eigenvalue weighted by molar-refractivity contribution is 5.90. The van der Waals surface area contributed by atoms with Gasteiger partial charge in [0.15, 0.2) is 0 Å². The van der Waals surface area contributed by atoms with Crippen molar-refractivity contribution >= 4 is 11.9 Å². The molecule has 1 aliphatic carbocycles. The number of aliphatic carboxylic acids is 2. The second-order valence-corrected chi connectivity index (χ2v) is 3.26. The lowest BCUT2D eigenvalue weighted by Crippen LogP contribution is -2.28. The number of carbonyl (C=O) groups is 2. The molecule has 0 radical (unpaired) electrons. The summed E-state index contributed by atoms with van der Waals surface area (Å²) >= 11 is 0. The van der Waals surface area contributed by atoms with Gasteiger partial charge in [-0.1, -0.05) is 18.2 Å². The molecule has 4 nitrogen and oxygen atoms in total. The number of carboxylic acid groups (broad SMARTS) is 2. The van der Waals surface area contributed by atoms with Crippen molar-refractivity contribution in [3.63, 3.8) is 0 Å². The van der Waals surface area contributed by atoms with Crippen LogP contribution in [-0.4, -0.2) is 22.2 Å². The molecule has 4 heteroatoms. The maximum absolute atomic E-state index is 10.8. The van der Waals surface area contributed by atoms with Gasteiger partial charge in [-0.3, -0.25) is 4.79 Å². The fraction of sp³-hybridized carbons (Fsp3) is 0.333. The fourth-order valence-electron chi connectivity index (χ4n) is 1.18. The molecule has 0 heterocycles. The summed E-state index contributed by atoms with van der Waals surface area (Å²) in [6.45, 7) is 1.50. The van der Waals surface area contributed by atoms with Gasteiger partial charge in [0.1, 0.15) is 0 Å². The first-order chi connectivity index (χ1) is 5.96. The molecule has 0 unspecified atom stereocenters. The SMILES string of the molecule is C[C@]1(C(=O)O)C=CC=C(C(=O)O)C1. The van der Waals surface area contributed by atoms with E-state index in [9.17, 15) is 9.59 Å². The van der Waals surface area contributed by atoms with Crippen LogP contribution >= 0.6 is 0 Å². The summed E-state index contributed by atoms with van der Waals surface area (Å²) in [5.74, 6) is -2.06. The van der Waals surface area contributed by atoms with Crippen LogP contribution in [0.15, 0.2) is 23.8 Å². The molecule has 1 rings (SSSR count). The summed E-state index contributed by atoms with van der Waals surface area (Å²) in [7, 11) is 0. The first kappa shape index (κ1) is 9.51. The molecule has 0 aromatic heterocycles. The monoisotopic (exact) mass is 182 g/mol. The zero-order valence-electron chi connectivity index (χ0n) is 7.15. The lowest BCUT2D eigenvalue weighted by Gasteiger charge is -2.23. The van der Waals surface area contributed by atoms with Crippen molar-refractivity contribution in [1.82, 2.24) is 0 Å². The minimum absolute atomic E-state index is 0.0359. The van der Waals surface area contributed by atoms with Gasteiger partial charge in [-0.05, 0) is 13.3 Å². The quantitative estimate of drug-likeness (QED) is 0.669. The van der Waals surface area contributed by atoms with E-state index in [1.165, 1.54) is 25.2 Å². The molecule has 0 amide bonds. The second-order valence-electron chi connectivity index (χ2n) is 3.26. The average molecular weight is 182 g/mol. The highest BCUT2D eigenvalue weighted by Gasteiger charge is 2.34. The molecule has 0 bridgehead atoms. The van der Waals surface area contributed by atoms with Gasteiger partial charge in [-0.25, -0.2) is 4.79 Å². The molecule has 2 N–H and O–H groups in total. The Hall–Kier alpha value is -1.58. The minimum atomic E-state index is -1.08. The molecular formula is C9H10O4. The summed E-state index contributed by atoms with van der Waals surface area (Å²) in [4.78, 5) is 21.3. The molecule has 0 saturated carbocycles. The first-order valence-electron chi connectivity index (χ1n) is 3.81. The van der Waals surface area contributed by atoms with Crippen LogP contribution in [0.4, 0.5) is 0 Å². The molecule has 1 aliphatic rings. The van der Waals surface area contributed by atoms with E-state index in [-0.39, 0.29) is 12.0 Å². The topological polar surface area (TPSA) is 74.6 Å². The van der Waals surface area contributed by atoms with Crippen molar-refractivity contribution in [2.45, 2.75) is 13.3 Å². The minimum Gasteiger partial charge on any atom is -0.481 e. The van der Waals surface area contributed by atoms with Crippen molar-refractivity contribution in [3.8, 4) is 0 Å². The molecule has 1 atom stereocenters. The lowest BCUT2D eigenvalue weighted by atomic mass is 9.80. The van der Waals surface area contributed by atoms with E-state index in [1.54, 1.807) is 0 Å². The average Bonchev–Trinajstić information content (AvgIpc) is 2.04. The van der Waals surface area contributed by atoms with Crippen LogP contribution in [0.25, 0.3) is 0 Å². The van der Waals surface area contributed by atoms with Crippen molar-refractivity contribution in [2.75, 3.05) is 0 Å². The molecule has 0 saturated heterocycles. The van der Waals surface area contributed by atoms with Crippen LogP contribution in [0, 0.1) is 5.41 Å². The van der Waals surface area contributed by atoms with Gasteiger partial charge in [0.25, 0.3) is 0 Å². The summed E-state index contributed by atoms with van der Waals surface area (Å²) in [5, 5.41) is 17.5. The Bertz CT molecular complexity index is 314. The van der Waals surface area contributed by atoms with Gasteiger partial charge in [-0.2, -0.15) is 0 Å². The molecule has 70 valence electrons.